The van der Waals surface area contributed by atoms with Gasteiger partial charge in [0, 0.05) is 11.7 Å². The fourth-order valence-electron chi connectivity index (χ4n) is 2.15. The molecule has 0 aromatic heterocycles. The van der Waals surface area contributed by atoms with Gasteiger partial charge < -0.3 is 10.6 Å². The number of carbonyl (C=O) groups excluding carboxylic acids is 1. The lowest BCUT2D eigenvalue weighted by Gasteiger charge is -2.31. The van der Waals surface area contributed by atoms with Crippen molar-refractivity contribution in [2.24, 2.45) is 0 Å². The number of fused-ring (bicyclic) bond motifs is 1. The Hall–Kier alpha value is -1.45. The zero-order chi connectivity index (χ0) is 10.8. The number of hydrogen-bond acceptors (Lipinski definition) is 2. The number of hydrogen-bond donors (Lipinski definition) is 2. The molecule has 2 rings (SSSR count). The third kappa shape index (κ3) is 1.98. The molecule has 3 nitrogen and oxygen atoms in total. The normalized spacial score (nSPS) is 23.8. The minimum Gasteiger partial charge on any atom is -0.382 e. The molecule has 15 heavy (non-hydrogen) atoms. The van der Waals surface area contributed by atoms with E-state index in [-0.39, 0.29) is 6.04 Å². The third-order valence-electron chi connectivity index (χ3n) is 2.84. The van der Waals surface area contributed by atoms with Gasteiger partial charge in [-0.05, 0) is 25.0 Å². The summed E-state index contributed by atoms with van der Waals surface area (Å²) in [5.41, 5.74) is 3.56. The van der Waals surface area contributed by atoms with Crippen molar-refractivity contribution in [2.45, 2.75) is 25.4 Å². The van der Waals surface area contributed by atoms with Crippen LogP contribution in [-0.4, -0.2) is 20.3 Å². The molecule has 0 bridgehead atoms. The van der Waals surface area contributed by atoms with Gasteiger partial charge in [0.05, 0.1) is 6.04 Å². The Balaban J connectivity index is 2.38. The van der Waals surface area contributed by atoms with Crippen LogP contribution < -0.4 is 16.1 Å². The molecule has 0 saturated heterocycles. The van der Waals surface area contributed by atoms with Crippen molar-refractivity contribution < 1.29 is 4.79 Å². The zero-order valence-electron chi connectivity index (χ0n) is 9.08. The Morgan fingerprint density at radius 3 is 3.13 bits per heavy atom. The van der Waals surface area contributed by atoms with Crippen molar-refractivity contribution in [3.63, 3.8) is 0 Å². The zero-order valence-corrected chi connectivity index (χ0v) is 9.08. The molecule has 1 heterocycles. The summed E-state index contributed by atoms with van der Waals surface area (Å²) in [7, 11) is 2.07. The van der Waals surface area contributed by atoms with E-state index in [2.05, 4.69) is 43.6 Å². The molecule has 0 fully saturated rings. The van der Waals surface area contributed by atoms with Crippen LogP contribution in [0.5, 0.6) is 0 Å². The Morgan fingerprint density at radius 2 is 2.40 bits per heavy atom. The predicted octanol–water partition coefficient (Wildman–Crippen LogP) is -0.0638. The number of anilines is 1. The van der Waals surface area contributed by atoms with E-state index < -0.39 is 0 Å². The molecule has 0 unspecified atom stereocenters. The number of nitrogens with one attached hydrogen (secondary N) is 2. The van der Waals surface area contributed by atoms with Crippen LogP contribution >= 0.6 is 0 Å². The average molecular weight is 202 g/mol. The quantitative estimate of drug-likeness (QED) is 0.521. The lowest BCUT2D eigenvalue weighted by atomic mass is 9.87. The molecular weight excluding hydrogens is 187 g/mol. The van der Waals surface area contributed by atoms with Crippen molar-refractivity contribution in [3.8, 4) is 0 Å². The highest BCUT2D eigenvalue weighted by atomic mass is 16.1. The van der Waals surface area contributed by atoms with E-state index >= 15 is 0 Å². The van der Waals surface area contributed by atoms with Gasteiger partial charge in [-0.25, -0.2) is 0 Å². The first-order valence-electron chi connectivity index (χ1n) is 5.27. The van der Waals surface area contributed by atoms with Crippen molar-refractivity contribution in [1.29, 1.82) is 0 Å². The fraction of sp³-hybridized carbons (Fsp3) is 0.364. The van der Waals surface area contributed by atoms with E-state index in [9.17, 15) is 4.79 Å². The Labute approximate surface area is 90.7 Å². The Morgan fingerprint density at radius 1 is 1.60 bits per heavy atom. The number of carbonyl (C=O) groups is 1. The van der Waals surface area contributed by atoms with E-state index in [1.54, 1.807) is 0 Å². The van der Waals surface area contributed by atoms with Crippen LogP contribution in [0.2, 0.25) is 0 Å². The number of benzene rings is 1. The molecule has 0 aliphatic carbocycles. The summed E-state index contributed by atoms with van der Waals surface area (Å²) in [5.74, 6) is 0. The molecule has 0 saturated carbocycles. The summed E-state index contributed by atoms with van der Waals surface area (Å²) in [6, 6.07) is 6.85. The molecule has 1 aliphatic rings. The van der Waals surface area contributed by atoms with Gasteiger partial charge in [0.2, 0.25) is 6.41 Å². The summed E-state index contributed by atoms with van der Waals surface area (Å²) in [6.45, 7) is 2.13. The summed E-state index contributed by atoms with van der Waals surface area (Å²) >= 11 is 0. The van der Waals surface area contributed by atoms with Gasteiger partial charge in [0.25, 0.3) is 0 Å². The maximum Gasteiger partial charge on any atom is 0.207 e. The highest BCUT2D eigenvalue weighted by Gasteiger charge is 2.23. The molecule has 78 valence electrons. The lowest BCUT2D eigenvalue weighted by Crippen LogP contribution is -2.33. The molecule has 1 aromatic rings. The van der Waals surface area contributed by atoms with E-state index in [1.807, 2.05) is 0 Å². The molecule has 2 N–H and O–H groups in total. The van der Waals surface area contributed by atoms with Crippen LogP contribution in [0.25, 0.3) is 0 Å². The summed E-state index contributed by atoms with van der Waals surface area (Å²) < 4.78 is 0. The second-order valence-electron chi connectivity index (χ2n) is 4.21. The minimum absolute atomic E-state index is 0.147. The van der Waals surface area contributed by atoms with Gasteiger partial charge in [-0.1, -0.05) is 17.6 Å². The van der Waals surface area contributed by atoms with E-state index in [0.29, 0.717) is 6.04 Å². The maximum absolute atomic E-state index is 10.5. The first-order chi connectivity index (χ1) is 7.20. The van der Waals surface area contributed by atoms with Crippen molar-refractivity contribution in [1.82, 2.24) is 5.32 Å². The van der Waals surface area contributed by atoms with Crippen LogP contribution in [0.3, 0.4) is 0 Å². The van der Waals surface area contributed by atoms with Crippen molar-refractivity contribution >= 4 is 25.4 Å². The first-order valence-corrected chi connectivity index (χ1v) is 5.27. The highest BCUT2D eigenvalue weighted by Crippen LogP contribution is 2.31. The average Bonchev–Trinajstić information content (AvgIpc) is 2.19. The smallest absolute Gasteiger partial charge is 0.207 e. The van der Waals surface area contributed by atoms with Crippen LogP contribution in [0.15, 0.2) is 18.2 Å². The van der Waals surface area contributed by atoms with Gasteiger partial charge in [-0.2, -0.15) is 0 Å². The fourth-order valence-corrected chi connectivity index (χ4v) is 2.15. The topological polar surface area (TPSA) is 41.1 Å². The first kappa shape index (κ1) is 10.1. The molecule has 1 aliphatic heterocycles. The molecular formula is C11H15BN2O. The monoisotopic (exact) mass is 202 g/mol. The molecule has 1 aromatic carbocycles. The summed E-state index contributed by atoms with van der Waals surface area (Å²) in [5, 5.41) is 6.30. The second-order valence-corrected chi connectivity index (χ2v) is 4.21. The number of amides is 1. The largest absolute Gasteiger partial charge is 0.382 e. The Bertz CT molecular complexity index is 381. The van der Waals surface area contributed by atoms with Gasteiger partial charge in [-0.3, -0.25) is 4.79 Å². The van der Waals surface area contributed by atoms with Crippen molar-refractivity contribution in [3.05, 3.63) is 23.8 Å². The molecule has 0 radical (unpaired) electrons. The predicted molar refractivity (Wildman–Crippen MR) is 64.3 cm³/mol. The summed E-state index contributed by atoms with van der Waals surface area (Å²) in [4.78, 5) is 10.5. The third-order valence-corrected chi connectivity index (χ3v) is 2.84. The number of rotatable bonds is 2. The van der Waals surface area contributed by atoms with Crippen molar-refractivity contribution in [2.75, 3.05) is 5.32 Å². The van der Waals surface area contributed by atoms with Crippen LogP contribution in [0.4, 0.5) is 5.69 Å². The van der Waals surface area contributed by atoms with E-state index in [4.69, 9.17) is 0 Å². The standard InChI is InChI=1S/C11H15BN2O/c1-7-4-11(13-6-15)9-5-8(12)2-3-10(9)14-7/h2-3,5-7,11,14H,4,12H2,1H3,(H,13,15)/t7-,11+/m0/s1. The Kier molecular flexibility index (Phi) is 2.67. The molecule has 4 heteroatoms. The maximum atomic E-state index is 10.5. The minimum atomic E-state index is 0.147. The highest BCUT2D eigenvalue weighted by molar-refractivity contribution is 6.32. The van der Waals surface area contributed by atoms with E-state index in [1.165, 1.54) is 11.0 Å². The van der Waals surface area contributed by atoms with E-state index in [0.717, 1.165) is 18.5 Å². The van der Waals surface area contributed by atoms with Gasteiger partial charge in [0.1, 0.15) is 7.85 Å². The molecule has 1 amide bonds. The van der Waals surface area contributed by atoms with Crippen LogP contribution in [0, 0.1) is 0 Å². The van der Waals surface area contributed by atoms with Crippen LogP contribution in [-0.2, 0) is 4.79 Å². The van der Waals surface area contributed by atoms with Crippen LogP contribution in [0.1, 0.15) is 24.9 Å². The molecule has 0 spiro atoms. The van der Waals surface area contributed by atoms with Gasteiger partial charge in [0.15, 0.2) is 0 Å². The second kappa shape index (κ2) is 3.97. The molecule has 2 atom stereocenters. The SMILES string of the molecule is Bc1ccc2c(c1)[C@H](NC=O)C[C@H](C)N2. The summed E-state index contributed by atoms with van der Waals surface area (Å²) in [6.07, 6.45) is 1.73. The van der Waals surface area contributed by atoms with Gasteiger partial charge >= 0.3 is 0 Å². The lowest BCUT2D eigenvalue weighted by molar-refractivity contribution is -0.110. The van der Waals surface area contributed by atoms with Gasteiger partial charge in [-0.15, -0.1) is 0 Å².